The van der Waals surface area contributed by atoms with Crippen LogP contribution >= 0.6 is 27.5 Å². The second kappa shape index (κ2) is 5.28. The number of nitrogens with zero attached hydrogens (tertiary/aromatic N) is 3. The largest absolute Gasteiger partial charge is 0.339 e. The van der Waals surface area contributed by atoms with E-state index in [0.29, 0.717) is 16.0 Å². The van der Waals surface area contributed by atoms with Crippen molar-refractivity contribution in [3.05, 3.63) is 50.3 Å². The van der Waals surface area contributed by atoms with Gasteiger partial charge >= 0.3 is 0 Å². The van der Waals surface area contributed by atoms with Gasteiger partial charge in [0, 0.05) is 24.0 Å². The number of aromatic nitrogens is 2. The van der Waals surface area contributed by atoms with Crippen LogP contribution in [0.4, 0.5) is 17.2 Å². The summed E-state index contributed by atoms with van der Waals surface area (Å²) in [6.45, 7) is 0. The molecule has 18 heavy (non-hydrogen) atoms. The third kappa shape index (κ3) is 2.93. The van der Waals surface area contributed by atoms with E-state index in [2.05, 4.69) is 31.2 Å². The van der Waals surface area contributed by atoms with E-state index in [9.17, 15) is 10.1 Å². The van der Waals surface area contributed by atoms with Crippen molar-refractivity contribution >= 4 is 44.7 Å². The Morgan fingerprint density at radius 1 is 1.44 bits per heavy atom. The van der Waals surface area contributed by atoms with Crippen molar-refractivity contribution < 1.29 is 4.92 Å². The van der Waals surface area contributed by atoms with Gasteiger partial charge in [-0.25, -0.2) is 4.98 Å². The first-order valence-corrected chi connectivity index (χ1v) is 5.93. The number of benzene rings is 1. The molecule has 0 atom stereocenters. The first-order valence-electron chi connectivity index (χ1n) is 4.76. The Labute approximate surface area is 115 Å². The molecule has 0 saturated heterocycles. The molecule has 0 spiro atoms. The molecule has 0 bridgehead atoms. The lowest BCUT2D eigenvalue weighted by Crippen LogP contribution is -1.97. The molecule has 0 unspecified atom stereocenters. The smallest absolute Gasteiger partial charge is 0.271 e. The van der Waals surface area contributed by atoms with Crippen LogP contribution in [-0.2, 0) is 0 Å². The van der Waals surface area contributed by atoms with Crippen LogP contribution in [0.15, 0.2) is 34.9 Å². The van der Waals surface area contributed by atoms with Crippen molar-refractivity contribution in [3.8, 4) is 0 Å². The van der Waals surface area contributed by atoms with Gasteiger partial charge in [-0.1, -0.05) is 6.07 Å². The Hall–Kier alpha value is -1.73. The predicted molar refractivity (Wildman–Crippen MR) is 71.1 cm³/mol. The van der Waals surface area contributed by atoms with Crippen LogP contribution in [0.25, 0.3) is 0 Å². The van der Waals surface area contributed by atoms with Crippen molar-refractivity contribution in [2.45, 2.75) is 0 Å². The molecular weight excluding hydrogens is 323 g/mol. The molecule has 6 nitrogen and oxygen atoms in total. The zero-order valence-corrected chi connectivity index (χ0v) is 11.1. The van der Waals surface area contributed by atoms with Crippen LogP contribution in [0.3, 0.4) is 0 Å². The molecule has 1 aromatic carbocycles. The van der Waals surface area contributed by atoms with Crippen molar-refractivity contribution in [3.63, 3.8) is 0 Å². The van der Waals surface area contributed by atoms with E-state index in [0.717, 1.165) is 0 Å². The molecule has 2 rings (SSSR count). The molecule has 92 valence electrons. The molecule has 1 aromatic heterocycles. The number of rotatable bonds is 3. The number of hydrogen-bond donors (Lipinski definition) is 1. The van der Waals surface area contributed by atoms with Crippen LogP contribution < -0.4 is 5.32 Å². The molecule has 8 heteroatoms. The molecule has 0 aliphatic heterocycles. The highest BCUT2D eigenvalue weighted by Gasteiger charge is 2.08. The highest BCUT2D eigenvalue weighted by atomic mass is 79.9. The van der Waals surface area contributed by atoms with Crippen molar-refractivity contribution in [2.24, 2.45) is 0 Å². The van der Waals surface area contributed by atoms with E-state index in [1.54, 1.807) is 12.1 Å². The summed E-state index contributed by atoms with van der Waals surface area (Å²) in [5, 5.41) is 13.7. The SMILES string of the molecule is O=[N+]([O-])c1cccc(Nc2nc(Cl)ncc2Br)c1. The number of nitro benzene ring substituents is 1. The molecule has 1 heterocycles. The average Bonchev–Trinajstić information content (AvgIpc) is 2.34. The van der Waals surface area contributed by atoms with Gasteiger partial charge in [0.15, 0.2) is 0 Å². The van der Waals surface area contributed by atoms with Crippen molar-refractivity contribution in [1.29, 1.82) is 0 Å². The maximum Gasteiger partial charge on any atom is 0.271 e. The summed E-state index contributed by atoms with van der Waals surface area (Å²) < 4.78 is 0.610. The maximum atomic E-state index is 10.6. The number of non-ortho nitro benzene ring substituents is 1. The van der Waals surface area contributed by atoms with E-state index in [1.807, 2.05) is 0 Å². The monoisotopic (exact) mass is 328 g/mol. The summed E-state index contributed by atoms with van der Waals surface area (Å²) in [5.74, 6) is 0.440. The molecule has 0 fully saturated rings. The summed E-state index contributed by atoms with van der Waals surface area (Å²) in [6.07, 6.45) is 1.50. The first-order chi connectivity index (χ1) is 8.56. The van der Waals surface area contributed by atoms with Crippen LogP contribution in [0.1, 0.15) is 0 Å². The standard InChI is InChI=1S/C10H6BrClN4O2/c11-8-5-13-10(12)15-9(8)14-6-2-1-3-7(4-6)16(17)18/h1-5H,(H,13,14,15). The number of nitro groups is 1. The Bertz CT molecular complexity index is 608. The van der Waals surface area contributed by atoms with Gasteiger partial charge in [-0.2, -0.15) is 4.98 Å². The minimum absolute atomic E-state index is 0.00345. The number of anilines is 2. The van der Waals surface area contributed by atoms with Crippen LogP contribution in [-0.4, -0.2) is 14.9 Å². The normalized spacial score (nSPS) is 10.1. The maximum absolute atomic E-state index is 10.6. The lowest BCUT2D eigenvalue weighted by atomic mass is 10.3. The zero-order valence-electron chi connectivity index (χ0n) is 8.80. The van der Waals surface area contributed by atoms with Crippen molar-refractivity contribution in [2.75, 3.05) is 5.32 Å². The fraction of sp³-hybridized carbons (Fsp3) is 0. The highest BCUT2D eigenvalue weighted by Crippen LogP contribution is 2.25. The third-order valence-electron chi connectivity index (χ3n) is 2.03. The fourth-order valence-electron chi connectivity index (χ4n) is 1.27. The van der Waals surface area contributed by atoms with E-state index in [4.69, 9.17) is 11.6 Å². The number of nitrogens with one attached hydrogen (secondary N) is 1. The summed E-state index contributed by atoms with van der Waals surface area (Å²) in [5.41, 5.74) is 0.538. The van der Waals surface area contributed by atoms with Crippen LogP contribution in [0, 0.1) is 10.1 Å². The predicted octanol–water partition coefficient (Wildman–Crippen LogP) is 3.54. The van der Waals surface area contributed by atoms with Crippen molar-refractivity contribution in [1.82, 2.24) is 9.97 Å². The minimum atomic E-state index is -0.465. The topological polar surface area (TPSA) is 81.0 Å². The summed E-state index contributed by atoms with van der Waals surface area (Å²) in [6, 6.07) is 6.09. The molecule has 0 saturated carbocycles. The van der Waals surface area contributed by atoms with Gasteiger partial charge in [0.2, 0.25) is 5.28 Å². The second-order valence-corrected chi connectivity index (χ2v) is 4.46. The highest BCUT2D eigenvalue weighted by molar-refractivity contribution is 9.10. The van der Waals surface area contributed by atoms with Gasteiger partial charge in [0.1, 0.15) is 5.82 Å². The molecular formula is C10H6BrClN4O2. The molecule has 1 N–H and O–H groups in total. The molecule has 0 amide bonds. The van der Waals surface area contributed by atoms with Gasteiger partial charge in [-0.15, -0.1) is 0 Å². The summed E-state index contributed by atoms with van der Waals surface area (Å²) in [7, 11) is 0. The van der Waals surface area contributed by atoms with E-state index < -0.39 is 4.92 Å². The Kier molecular flexibility index (Phi) is 3.73. The Balaban J connectivity index is 2.31. The van der Waals surface area contributed by atoms with Gasteiger partial charge in [-0.05, 0) is 33.6 Å². The Morgan fingerprint density at radius 3 is 2.94 bits per heavy atom. The molecule has 2 aromatic rings. The quantitative estimate of drug-likeness (QED) is 0.529. The fourth-order valence-corrected chi connectivity index (χ4v) is 1.69. The van der Waals surface area contributed by atoms with Gasteiger partial charge in [-0.3, -0.25) is 10.1 Å². The summed E-state index contributed by atoms with van der Waals surface area (Å²) in [4.78, 5) is 17.9. The molecule has 0 aliphatic carbocycles. The van der Waals surface area contributed by atoms with Gasteiger partial charge < -0.3 is 5.32 Å². The lowest BCUT2D eigenvalue weighted by molar-refractivity contribution is -0.384. The molecule has 0 radical (unpaired) electrons. The average molecular weight is 330 g/mol. The van der Waals surface area contributed by atoms with Crippen LogP contribution in [0.5, 0.6) is 0 Å². The van der Waals surface area contributed by atoms with Crippen LogP contribution in [0.2, 0.25) is 5.28 Å². The van der Waals surface area contributed by atoms with E-state index in [-0.39, 0.29) is 11.0 Å². The van der Waals surface area contributed by atoms with Gasteiger partial charge in [0.05, 0.1) is 9.40 Å². The van der Waals surface area contributed by atoms with E-state index in [1.165, 1.54) is 18.3 Å². The zero-order chi connectivity index (χ0) is 13.1. The third-order valence-corrected chi connectivity index (χ3v) is 2.80. The van der Waals surface area contributed by atoms with Gasteiger partial charge in [0.25, 0.3) is 5.69 Å². The Morgan fingerprint density at radius 2 is 2.22 bits per heavy atom. The van der Waals surface area contributed by atoms with E-state index >= 15 is 0 Å². The first kappa shape index (κ1) is 12.7. The minimum Gasteiger partial charge on any atom is -0.339 e. The second-order valence-electron chi connectivity index (χ2n) is 3.27. The number of halogens is 2. The lowest BCUT2D eigenvalue weighted by Gasteiger charge is -2.06. The number of hydrogen-bond acceptors (Lipinski definition) is 5. The molecule has 0 aliphatic rings. The summed E-state index contributed by atoms with van der Waals surface area (Å²) >= 11 is 8.93.